The zero-order valence-electron chi connectivity index (χ0n) is 14.3. The van der Waals surface area contributed by atoms with Gasteiger partial charge in [0.2, 0.25) is 5.95 Å². The quantitative estimate of drug-likeness (QED) is 0.628. The summed E-state index contributed by atoms with van der Waals surface area (Å²) >= 11 is 5.88. The number of amides is 1. The molecule has 0 aliphatic carbocycles. The van der Waals surface area contributed by atoms with Crippen molar-refractivity contribution in [3.8, 4) is 0 Å². The molecule has 0 aliphatic rings. The van der Waals surface area contributed by atoms with Crippen LogP contribution in [0.15, 0.2) is 35.3 Å². The predicted octanol–water partition coefficient (Wildman–Crippen LogP) is 3.46. The smallest absolute Gasteiger partial charge is 0.412 e. The largest absolute Gasteiger partial charge is 0.453 e. The van der Waals surface area contributed by atoms with Gasteiger partial charge in [0.05, 0.1) is 18.7 Å². The van der Waals surface area contributed by atoms with Crippen LogP contribution in [0, 0.1) is 5.82 Å². The summed E-state index contributed by atoms with van der Waals surface area (Å²) in [7, 11) is 1.23. The second-order valence-electron chi connectivity index (χ2n) is 5.65. The minimum Gasteiger partial charge on any atom is -0.453 e. The van der Waals surface area contributed by atoms with Gasteiger partial charge in [0.1, 0.15) is 11.6 Å². The Morgan fingerprint density at radius 3 is 2.89 bits per heavy atom. The van der Waals surface area contributed by atoms with E-state index in [4.69, 9.17) is 11.6 Å². The Bertz CT molecular complexity index is 1070. The van der Waals surface area contributed by atoms with Gasteiger partial charge in [0.15, 0.2) is 0 Å². The number of hydrogen-bond acceptors (Lipinski definition) is 6. The van der Waals surface area contributed by atoms with Crippen molar-refractivity contribution in [1.29, 1.82) is 0 Å². The van der Waals surface area contributed by atoms with E-state index in [9.17, 15) is 14.0 Å². The zero-order valence-corrected chi connectivity index (χ0v) is 15.1. The first-order chi connectivity index (χ1) is 12.9. The minimum absolute atomic E-state index is 0.0841. The third-order valence-corrected chi connectivity index (χ3v) is 4.00. The molecule has 0 unspecified atom stereocenters. The van der Waals surface area contributed by atoms with Crippen LogP contribution in [-0.4, -0.2) is 28.2 Å². The molecule has 3 N–H and O–H groups in total. The number of carbonyl (C=O) groups excluding carboxylic acids is 1. The summed E-state index contributed by atoms with van der Waals surface area (Å²) in [5, 5.41) is 6.07. The van der Waals surface area contributed by atoms with Crippen molar-refractivity contribution >= 4 is 40.4 Å². The molecule has 0 radical (unpaired) electrons. The number of rotatable bonds is 4. The highest BCUT2D eigenvalue weighted by Crippen LogP contribution is 2.23. The van der Waals surface area contributed by atoms with Gasteiger partial charge in [0, 0.05) is 22.2 Å². The second kappa shape index (κ2) is 7.58. The molecule has 2 heterocycles. The third kappa shape index (κ3) is 4.14. The van der Waals surface area contributed by atoms with E-state index >= 15 is 0 Å². The number of aromatic nitrogens is 3. The maximum absolute atomic E-state index is 13.9. The summed E-state index contributed by atoms with van der Waals surface area (Å²) in [5.74, 6) is -0.187. The molecular formula is C17H15ClFN5O3. The highest BCUT2D eigenvalue weighted by Gasteiger charge is 2.15. The Morgan fingerprint density at radius 1 is 1.37 bits per heavy atom. The van der Waals surface area contributed by atoms with Crippen LogP contribution in [0.2, 0.25) is 5.02 Å². The van der Waals surface area contributed by atoms with Crippen LogP contribution in [0.1, 0.15) is 18.5 Å². The van der Waals surface area contributed by atoms with Gasteiger partial charge in [-0.15, -0.1) is 0 Å². The Kier molecular flexibility index (Phi) is 5.22. The van der Waals surface area contributed by atoms with Crippen molar-refractivity contribution in [2.24, 2.45) is 0 Å². The molecule has 0 aliphatic heterocycles. The Morgan fingerprint density at radius 2 is 2.15 bits per heavy atom. The number of anilines is 2. The number of ether oxygens (including phenoxy) is 1. The number of fused-ring (bicyclic) bond motifs is 1. The lowest BCUT2D eigenvalue weighted by molar-refractivity contribution is 0.187. The predicted molar refractivity (Wildman–Crippen MR) is 99.6 cm³/mol. The normalized spacial score (nSPS) is 11.9. The van der Waals surface area contributed by atoms with Gasteiger partial charge in [-0.25, -0.2) is 14.2 Å². The van der Waals surface area contributed by atoms with Crippen LogP contribution in [-0.2, 0) is 4.74 Å². The number of pyridine rings is 1. The molecule has 3 rings (SSSR count). The van der Waals surface area contributed by atoms with Gasteiger partial charge in [-0.2, -0.15) is 4.98 Å². The summed E-state index contributed by atoms with van der Waals surface area (Å²) in [5.41, 5.74) is -0.0208. The van der Waals surface area contributed by atoms with Crippen molar-refractivity contribution in [1.82, 2.24) is 15.0 Å². The number of methoxy groups -OCH3 is 1. The van der Waals surface area contributed by atoms with E-state index in [2.05, 4.69) is 30.3 Å². The minimum atomic E-state index is -0.669. The van der Waals surface area contributed by atoms with Gasteiger partial charge in [-0.05, 0) is 31.2 Å². The molecule has 1 atom stereocenters. The fourth-order valence-electron chi connectivity index (χ4n) is 2.50. The van der Waals surface area contributed by atoms with Crippen LogP contribution in [0.4, 0.5) is 21.0 Å². The van der Waals surface area contributed by atoms with E-state index in [0.717, 1.165) is 6.07 Å². The monoisotopic (exact) mass is 391 g/mol. The molecule has 8 nitrogen and oxygen atoms in total. The third-order valence-electron chi connectivity index (χ3n) is 3.78. The Balaban J connectivity index is 1.89. The molecule has 140 valence electrons. The molecule has 0 bridgehead atoms. The van der Waals surface area contributed by atoms with Crippen molar-refractivity contribution in [2.75, 3.05) is 17.7 Å². The highest BCUT2D eigenvalue weighted by atomic mass is 35.5. The van der Waals surface area contributed by atoms with Crippen molar-refractivity contribution in [2.45, 2.75) is 13.0 Å². The van der Waals surface area contributed by atoms with Gasteiger partial charge < -0.3 is 15.0 Å². The molecular weight excluding hydrogens is 377 g/mol. The van der Waals surface area contributed by atoms with E-state index < -0.39 is 23.5 Å². The number of halogens is 2. The van der Waals surface area contributed by atoms with Crippen LogP contribution in [0.5, 0.6) is 0 Å². The average Bonchev–Trinajstić information content (AvgIpc) is 2.62. The molecule has 2 aromatic heterocycles. The number of benzene rings is 1. The lowest BCUT2D eigenvalue weighted by Gasteiger charge is -2.15. The highest BCUT2D eigenvalue weighted by molar-refractivity contribution is 6.31. The summed E-state index contributed by atoms with van der Waals surface area (Å²) < 4.78 is 18.5. The molecule has 27 heavy (non-hydrogen) atoms. The summed E-state index contributed by atoms with van der Waals surface area (Å²) in [6.07, 6.45) is 0.769. The molecule has 1 aromatic carbocycles. The summed E-state index contributed by atoms with van der Waals surface area (Å²) in [6.45, 7) is 1.72. The van der Waals surface area contributed by atoms with Gasteiger partial charge in [-0.1, -0.05) is 11.6 Å². The average molecular weight is 392 g/mol. The second-order valence-corrected chi connectivity index (χ2v) is 6.09. The van der Waals surface area contributed by atoms with Crippen LogP contribution < -0.4 is 16.2 Å². The Labute approximate surface area is 157 Å². The summed E-state index contributed by atoms with van der Waals surface area (Å²) in [6, 6.07) is 5.23. The standard InChI is InChI=1S/C17H15ClFN5O3/c1-8(21-16-20-4-3-13(22-16)23-17(26)27-2)11-6-9-5-10(18)7-12(19)14(9)24-15(11)25/h3-8H,1-2H3,(H,24,25)(H2,20,21,22,23,26)/t8-/m0/s1. The first-order valence-corrected chi connectivity index (χ1v) is 8.21. The molecule has 0 saturated carbocycles. The van der Waals surface area contributed by atoms with E-state index in [1.54, 1.807) is 19.1 Å². The maximum Gasteiger partial charge on any atom is 0.412 e. The van der Waals surface area contributed by atoms with Gasteiger partial charge in [-0.3, -0.25) is 10.1 Å². The topological polar surface area (TPSA) is 109 Å². The SMILES string of the molecule is COC(=O)Nc1ccnc(N[C@@H](C)c2cc3cc(Cl)cc(F)c3[nH]c2=O)n1. The number of hydrogen-bond donors (Lipinski definition) is 3. The number of nitrogens with one attached hydrogen (secondary N) is 3. The van der Waals surface area contributed by atoms with E-state index in [0.29, 0.717) is 10.9 Å². The molecule has 3 aromatic rings. The molecule has 10 heteroatoms. The lowest BCUT2D eigenvalue weighted by Crippen LogP contribution is -2.21. The van der Waals surface area contributed by atoms with Crippen molar-refractivity contribution < 1.29 is 13.9 Å². The molecule has 1 amide bonds. The Hall–Kier alpha value is -3.20. The number of aromatic amines is 1. The van der Waals surface area contributed by atoms with Gasteiger partial charge >= 0.3 is 6.09 Å². The molecule has 0 saturated heterocycles. The number of nitrogens with zero attached hydrogens (tertiary/aromatic N) is 2. The van der Waals surface area contributed by atoms with Crippen LogP contribution in [0.25, 0.3) is 10.9 Å². The van der Waals surface area contributed by atoms with Crippen LogP contribution in [0.3, 0.4) is 0 Å². The molecule has 0 spiro atoms. The summed E-state index contributed by atoms with van der Waals surface area (Å²) in [4.78, 5) is 34.3. The zero-order chi connectivity index (χ0) is 19.6. The number of carbonyl (C=O) groups is 1. The van der Waals surface area contributed by atoms with E-state index in [1.165, 1.54) is 19.4 Å². The number of H-pyrrole nitrogens is 1. The first-order valence-electron chi connectivity index (χ1n) is 7.84. The fraction of sp³-hybridized carbons (Fsp3) is 0.176. The maximum atomic E-state index is 13.9. The van der Waals surface area contributed by atoms with Gasteiger partial charge in [0.25, 0.3) is 5.56 Å². The lowest BCUT2D eigenvalue weighted by atomic mass is 10.1. The molecule has 0 fully saturated rings. The van der Waals surface area contributed by atoms with E-state index in [-0.39, 0.29) is 22.3 Å². The fourth-order valence-corrected chi connectivity index (χ4v) is 2.72. The first kappa shape index (κ1) is 18.6. The van der Waals surface area contributed by atoms with Crippen LogP contribution >= 0.6 is 11.6 Å². The van der Waals surface area contributed by atoms with Crippen molar-refractivity contribution in [3.63, 3.8) is 0 Å². The van der Waals surface area contributed by atoms with Crippen molar-refractivity contribution in [3.05, 3.63) is 57.2 Å². The van der Waals surface area contributed by atoms with E-state index in [1.807, 2.05) is 0 Å².